The second-order valence-corrected chi connectivity index (χ2v) is 2.57. The van der Waals surface area contributed by atoms with Gasteiger partial charge in [-0.3, -0.25) is 5.32 Å². The summed E-state index contributed by atoms with van der Waals surface area (Å²) in [6.45, 7) is 3.35. The van der Waals surface area contributed by atoms with Gasteiger partial charge in [-0.2, -0.15) is 0 Å². The molecule has 0 amide bonds. The van der Waals surface area contributed by atoms with E-state index in [1.165, 1.54) is 0 Å². The van der Waals surface area contributed by atoms with Crippen LogP contribution in [0.5, 0.6) is 0 Å². The lowest BCUT2D eigenvalue weighted by Gasteiger charge is -2.21. The fourth-order valence-electron chi connectivity index (χ4n) is 0.680. The predicted molar refractivity (Wildman–Crippen MR) is 45.4 cm³/mol. The highest BCUT2D eigenvalue weighted by Gasteiger charge is 2.17. The number of hydrogen-bond donors (Lipinski definition) is 5. The van der Waals surface area contributed by atoms with Crippen molar-refractivity contribution in [2.24, 2.45) is 0 Å². The van der Waals surface area contributed by atoms with Gasteiger partial charge in [-0.05, 0) is 0 Å². The van der Waals surface area contributed by atoms with E-state index in [1.54, 1.807) is 6.92 Å². The standard InChI is InChI=1S/C7H18N2O3/c1-2-7(11,12)9-4-3-8-5-6-10/h8-12H,2-6H2,1H3. The summed E-state index contributed by atoms with van der Waals surface area (Å²) in [6, 6.07) is 0. The molecule has 0 aliphatic rings. The second-order valence-electron chi connectivity index (χ2n) is 2.57. The Balaban J connectivity index is 3.19. The van der Waals surface area contributed by atoms with Crippen molar-refractivity contribution in [3.8, 4) is 0 Å². The zero-order valence-electron chi connectivity index (χ0n) is 7.38. The lowest BCUT2D eigenvalue weighted by molar-refractivity contribution is -0.186. The molecule has 5 nitrogen and oxygen atoms in total. The average Bonchev–Trinajstić information content (AvgIpc) is 2.04. The molecule has 74 valence electrons. The summed E-state index contributed by atoms with van der Waals surface area (Å²) in [5, 5.41) is 31.9. The highest BCUT2D eigenvalue weighted by molar-refractivity contribution is 4.59. The molecule has 0 aromatic rings. The molecule has 12 heavy (non-hydrogen) atoms. The van der Waals surface area contributed by atoms with E-state index in [0.717, 1.165) is 0 Å². The van der Waals surface area contributed by atoms with Crippen LogP contribution in [0.2, 0.25) is 0 Å². The molecule has 0 aromatic carbocycles. The van der Waals surface area contributed by atoms with Crippen molar-refractivity contribution in [1.82, 2.24) is 10.6 Å². The molecule has 0 aromatic heterocycles. The molecule has 0 aliphatic heterocycles. The van der Waals surface area contributed by atoms with Gasteiger partial charge in [0.05, 0.1) is 6.61 Å². The highest BCUT2D eigenvalue weighted by atomic mass is 16.5. The van der Waals surface area contributed by atoms with Gasteiger partial charge in [0, 0.05) is 26.1 Å². The third-order valence-electron chi connectivity index (χ3n) is 1.49. The summed E-state index contributed by atoms with van der Waals surface area (Å²) in [5.41, 5.74) is 0. The van der Waals surface area contributed by atoms with Gasteiger partial charge in [0.1, 0.15) is 0 Å². The van der Waals surface area contributed by atoms with E-state index >= 15 is 0 Å². The van der Waals surface area contributed by atoms with Crippen LogP contribution in [-0.4, -0.2) is 47.5 Å². The third kappa shape index (κ3) is 6.51. The molecule has 0 spiro atoms. The molecule has 0 atom stereocenters. The summed E-state index contributed by atoms with van der Waals surface area (Å²) in [4.78, 5) is 0. The van der Waals surface area contributed by atoms with Crippen LogP contribution in [0.25, 0.3) is 0 Å². The monoisotopic (exact) mass is 178 g/mol. The van der Waals surface area contributed by atoms with Crippen LogP contribution >= 0.6 is 0 Å². The van der Waals surface area contributed by atoms with Crippen LogP contribution in [0, 0.1) is 0 Å². The summed E-state index contributed by atoms with van der Waals surface area (Å²) < 4.78 is 0. The van der Waals surface area contributed by atoms with Crippen molar-refractivity contribution in [3.05, 3.63) is 0 Å². The number of nitrogens with one attached hydrogen (secondary N) is 2. The zero-order valence-corrected chi connectivity index (χ0v) is 7.38. The van der Waals surface area contributed by atoms with E-state index in [-0.39, 0.29) is 13.0 Å². The molecule has 5 N–H and O–H groups in total. The minimum atomic E-state index is -1.76. The van der Waals surface area contributed by atoms with Gasteiger partial charge in [-0.25, -0.2) is 0 Å². The van der Waals surface area contributed by atoms with Crippen molar-refractivity contribution < 1.29 is 15.3 Å². The Morgan fingerprint density at radius 3 is 2.33 bits per heavy atom. The first-order valence-electron chi connectivity index (χ1n) is 4.13. The van der Waals surface area contributed by atoms with Crippen molar-refractivity contribution >= 4 is 0 Å². The van der Waals surface area contributed by atoms with Crippen LogP contribution in [0.1, 0.15) is 13.3 Å². The minimum absolute atomic E-state index is 0.0944. The van der Waals surface area contributed by atoms with Crippen molar-refractivity contribution in [1.29, 1.82) is 0 Å². The predicted octanol–water partition coefficient (Wildman–Crippen LogP) is -1.79. The van der Waals surface area contributed by atoms with Crippen molar-refractivity contribution in [2.45, 2.75) is 19.3 Å². The fourth-order valence-corrected chi connectivity index (χ4v) is 0.680. The maximum absolute atomic E-state index is 9.05. The Bertz CT molecular complexity index is 109. The molecule has 0 bridgehead atoms. The first-order valence-corrected chi connectivity index (χ1v) is 4.13. The number of hydrogen-bond acceptors (Lipinski definition) is 5. The first kappa shape index (κ1) is 11.8. The summed E-state index contributed by atoms with van der Waals surface area (Å²) >= 11 is 0. The van der Waals surface area contributed by atoms with Crippen LogP contribution in [0.15, 0.2) is 0 Å². The lowest BCUT2D eigenvalue weighted by Crippen LogP contribution is -2.47. The van der Waals surface area contributed by atoms with Gasteiger partial charge in [0.15, 0.2) is 0 Å². The maximum Gasteiger partial charge on any atom is 0.222 e. The summed E-state index contributed by atoms with van der Waals surface area (Å²) in [6.07, 6.45) is 0.243. The van der Waals surface area contributed by atoms with Gasteiger partial charge >= 0.3 is 0 Å². The Hall–Kier alpha value is -0.200. The molecule has 0 heterocycles. The van der Waals surface area contributed by atoms with E-state index in [2.05, 4.69) is 10.6 Å². The number of aliphatic hydroxyl groups excluding tert-OH is 1. The number of aliphatic hydroxyl groups is 3. The van der Waals surface area contributed by atoms with Crippen LogP contribution in [0.3, 0.4) is 0 Å². The van der Waals surface area contributed by atoms with E-state index in [1.807, 2.05) is 0 Å². The molecule has 0 radical (unpaired) electrons. The zero-order chi connectivity index (χ0) is 9.45. The van der Waals surface area contributed by atoms with Crippen LogP contribution < -0.4 is 10.6 Å². The van der Waals surface area contributed by atoms with Crippen LogP contribution in [-0.2, 0) is 0 Å². The SMILES string of the molecule is CCC(O)(O)NCCNCCO. The molecular weight excluding hydrogens is 160 g/mol. The van der Waals surface area contributed by atoms with E-state index in [9.17, 15) is 0 Å². The molecular formula is C7H18N2O3. The summed E-state index contributed by atoms with van der Waals surface area (Å²) in [5.74, 6) is -1.76. The third-order valence-corrected chi connectivity index (χ3v) is 1.49. The normalized spacial score (nSPS) is 12.0. The highest BCUT2D eigenvalue weighted by Crippen LogP contribution is 1.97. The molecule has 0 fully saturated rings. The average molecular weight is 178 g/mol. The topological polar surface area (TPSA) is 84.8 Å². The van der Waals surface area contributed by atoms with Gasteiger partial charge in [0.25, 0.3) is 0 Å². The Labute approximate surface area is 72.4 Å². The van der Waals surface area contributed by atoms with Gasteiger partial charge in [0.2, 0.25) is 5.91 Å². The van der Waals surface area contributed by atoms with Gasteiger partial charge < -0.3 is 20.6 Å². The first-order chi connectivity index (χ1) is 5.62. The fraction of sp³-hybridized carbons (Fsp3) is 1.00. The molecule has 0 aliphatic carbocycles. The van der Waals surface area contributed by atoms with Crippen molar-refractivity contribution in [3.63, 3.8) is 0 Å². The number of rotatable bonds is 7. The van der Waals surface area contributed by atoms with E-state index < -0.39 is 5.91 Å². The Kier molecular flexibility index (Phi) is 6.23. The molecule has 0 saturated heterocycles. The van der Waals surface area contributed by atoms with Gasteiger partial charge in [-0.1, -0.05) is 6.92 Å². The minimum Gasteiger partial charge on any atom is -0.395 e. The molecule has 5 heteroatoms. The lowest BCUT2D eigenvalue weighted by atomic mass is 10.3. The Morgan fingerprint density at radius 2 is 1.83 bits per heavy atom. The van der Waals surface area contributed by atoms with Gasteiger partial charge in [-0.15, -0.1) is 0 Å². The molecule has 0 saturated carbocycles. The largest absolute Gasteiger partial charge is 0.395 e. The van der Waals surface area contributed by atoms with E-state index in [0.29, 0.717) is 19.6 Å². The van der Waals surface area contributed by atoms with E-state index in [4.69, 9.17) is 15.3 Å². The smallest absolute Gasteiger partial charge is 0.222 e. The Morgan fingerprint density at radius 1 is 1.17 bits per heavy atom. The summed E-state index contributed by atoms with van der Waals surface area (Å²) in [7, 11) is 0. The maximum atomic E-state index is 9.05. The second kappa shape index (κ2) is 6.33. The van der Waals surface area contributed by atoms with Crippen molar-refractivity contribution in [2.75, 3.05) is 26.2 Å². The quantitative estimate of drug-likeness (QED) is 0.235. The molecule has 0 unspecified atom stereocenters. The van der Waals surface area contributed by atoms with Crippen LogP contribution in [0.4, 0.5) is 0 Å². The molecule has 0 rings (SSSR count).